The summed E-state index contributed by atoms with van der Waals surface area (Å²) in [6.45, 7) is 2.28. The number of carbonyl (C=O) groups is 1. The normalized spacial score (nSPS) is 18.1. The molecule has 2 aliphatic heterocycles. The van der Waals surface area contributed by atoms with Crippen molar-refractivity contribution in [2.24, 2.45) is 5.92 Å². The van der Waals surface area contributed by atoms with Gasteiger partial charge in [0, 0.05) is 32.0 Å². The van der Waals surface area contributed by atoms with E-state index in [1.807, 2.05) is 47.3 Å². The highest BCUT2D eigenvalue weighted by Gasteiger charge is 2.27. The van der Waals surface area contributed by atoms with Gasteiger partial charge in [-0.25, -0.2) is 0 Å². The molecule has 1 atom stereocenters. The van der Waals surface area contributed by atoms with Crippen LogP contribution in [-0.4, -0.2) is 40.6 Å². The van der Waals surface area contributed by atoms with E-state index in [1.165, 1.54) is 0 Å². The number of ether oxygens (including phenoxy) is 2. The number of amides is 1. The molecule has 2 aromatic heterocycles. The number of benzene rings is 1. The van der Waals surface area contributed by atoms with Gasteiger partial charge in [0.15, 0.2) is 11.5 Å². The Morgan fingerprint density at radius 3 is 2.90 bits per heavy atom. The third-order valence-electron chi connectivity index (χ3n) is 5.20. The van der Waals surface area contributed by atoms with E-state index in [4.69, 9.17) is 9.47 Å². The second-order valence-electron chi connectivity index (χ2n) is 7.15. The van der Waals surface area contributed by atoms with Crippen molar-refractivity contribution in [1.29, 1.82) is 0 Å². The van der Waals surface area contributed by atoms with Gasteiger partial charge in [-0.15, -0.1) is 10.2 Å². The first-order chi connectivity index (χ1) is 14.3. The Morgan fingerprint density at radius 2 is 2.00 bits per heavy atom. The van der Waals surface area contributed by atoms with Crippen LogP contribution < -0.4 is 19.7 Å². The smallest absolute Gasteiger partial charge is 0.231 e. The van der Waals surface area contributed by atoms with Gasteiger partial charge in [0.25, 0.3) is 0 Å². The summed E-state index contributed by atoms with van der Waals surface area (Å²) in [5.74, 6) is 1.49. The van der Waals surface area contributed by atoms with E-state index >= 15 is 0 Å². The van der Waals surface area contributed by atoms with E-state index in [-0.39, 0.29) is 18.6 Å². The van der Waals surface area contributed by atoms with Gasteiger partial charge in [-0.2, -0.15) is 0 Å². The Balaban J connectivity index is 1.20. The molecular formula is C20H21N5O3S. The molecule has 3 aromatic rings. The van der Waals surface area contributed by atoms with Gasteiger partial charge < -0.3 is 19.7 Å². The highest BCUT2D eigenvalue weighted by molar-refractivity contribution is 7.17. The summed E-state index contributed by atoms with van der Waals surface area (Å²) in [5, 5.41) is 13.4. The lowest BCUT2D eigenvalue weighted by atomic mass is 9.97. The van der Waals surface area contributed by atoms with Crippen molar-refractivity contribution in [2.45, 2.75) is 19.4 Å². The minimum Gasteiger partial charge on any atom is -0.454 e. The maximum atomic E-state index is 12.7. The van der Waals surface area contributed by atoms with Crippen LogP contribution >= 0.6 is 11.3 Å². The molecule has 8 nitrogen and oxygen atoms in total. The standard InChI is InChI=1S/C20H21N5O3S/c26-18(21-11-14-5-6-16-17(10-14)28-13-27-16)15-4-3-9-25(12-15)20-23-22-19(29-20)24-7-1-2-8-24/h1-2,5-8,10,15H,3-4,9,11-13H2,(H,21,26)/t15-/m0/s1. The Bertz CT molecular complexity index is 1000. The van der Waals surface area contributed by atoms with Crippen LogP contribution in [0.4, 0.5) is 5.13 Å². The van der Waals surface area contributed by atoms with Crippen molar-refractivity contribution in [1.82, 2.24) is 20.1 Å². The predicted molar refractivity (Wildman–Crippen MR) is 109 cm³/mol. The van der Waals surface area contributed by atoms with E-state index in [0.717, 1.165) is 46.7 Å². The Labute approximate surface area is 172 Å². The summed E-state index contributed by atoms with van der Waals surface area (Å²) in [5.41, 5.74) is 0.996. The molecule has 5 rings (SSSR count). The lowest BCUT2D eigenvalue weighted by molar-refractivity contribution is -0.125. The first kappa shape index (κ1) is 18.0. The molecule has 1 aromatic carbocycles. The Kier molecular flexibility index (Phi) is 4.81. The molecule has 0 bridgehead atoms. The van der Waals surface area contributed by atoms with Crippen LogP contribution in [0.25, 0.3) is 5.13 Å². The Hall–Kier alpha value is -3.07. The minimum absolute atomic E-state index is 0.0586. The highest BCUT2D eigenvalue weighted by Crippen LogP contribution is 2.32. The first-order valence-electron chi connectivity index (χ1n) is 9.64. The fourth-order valence-electron chi connectivity index (χ4n) is 3.65. The summed E-state index contributed by atoms with van der Waals surface area (Å²) in [4.78, 5) is 14.9. The topological polar surface area (TPSA) is 81.5 Å². The second-order valence-corrected chi connectivity index (χ2v) is 8.08. The van der Waals surface area contributed by atoms with Gasteiger partial charge in [-0.3, -0.25) is 9.36 Å². The van der Waals surface area contributed by atoms with Crippen molar-refractivity contribution in [3.63, 3.8) is 0 Å². The zero-order valence-electron chi connectivity index (χ0n) is 15.8. The fraction of sp³-hybridized carbons (Fsp3) is 0.350. The van der Waals surface area contributed by atoms with Crippen LogP contribution in [0, 0.1) is 5.92 Å². The number of anilines is 1. The van der Waals surface area contributed by atoms with Crippen LogP contribution in [0.5, 0.6) is 11.5 Å². The average molecular weight is 411 g/mol. The van der Waals surface area contributed by atoms with Crippen molar-refractivity contribution < 1.29 is 14.3 Å². The number of rotatable bonds is 5. The molecule has 0 saturated carbocycles. The van der Waals surface area contributed by atoms with E-state index < -0.39 is 0 Å². The number of fused-ring (bicyclic) bond motifs is 1. The van der Waals surface area contributed by atoms with Crippen LogP contribution in [-0.2, 0) is 11.3 Å². The average Bonchev–Trinajstić information content (AvgIpc) is 3.52. The molecule has 1 fully saturated rings. The van der Waals surface area contributed by atoms with Crippen LogP contribution in [0.3, 0.4) is 0 Å². The van der Waals surface area contributed by atoms with Crippen LogP contribution in [0.2, 0.25) is 0 Å². The molecule has 150 valence electrons. The lowest BCUT2D eigenvalue weighted by Gasteiger charge is -2.31. The third-order valence-corrected chi connectivity index (χ3v) is 6.19. The molecule has 4 heterocycles. The predicted octanol–water partition coefficient (Wildman–Crippen LogP) is 2.59. The molecule has 9 heteroatoms. The quantitative estimate of drug-likeness (QED) is 0.695. The van der Waals surface area contributed by atoms with E-state index in [0.29, 0.717) is 13.1 Å². The monoisotopic (exact) mass is 411 g/mol. The van der Waals surface area contributed by atoms with Crippen molar-refractivity contribution >= 4 is 22.4 Å². The number of piperidine rings is 1. The second kappa shape index (κ2) is 7.75. The molecule has 0 aliphatic carbocycles. The lowest BCUT2D eigenvalue weighted by Crippen LogP contribution is -2.43. The SMILES string of the molecule is O=C(NCc1ccc2c(c1)OCO2)[C@H]1CCCN(c2nnc(-n3cccc3)s2)C1. The number of hydrogen-bond acceptors (Lipinski definition) is 7. The zero-order valence-corrected chi connectivity index (χ0v) is 16.6. The number of nitrogens with one attached hydrogen (secondary N) is 1. The maximum Gasteiger partial charge on any atom is 0.231 e. The van der Waals surface area contributed by atoms with Crippen molar-refractivity contribution in [3.05, 3.63) is 48.3 Å². The highest BCUT2D eigenvalue weighted by atomic mass is 32.1. The van der Waals surface area contributed by atoms with E-state index in [2.05, 4.69) is 20.4 Å². The summed E-state index contributed by atoms with van der Waals surface area (Å²) in [7, 11) is 0. The maximum absolute atomic E-state index is 12.7. The first-order valence-corrected chi connectivity index (χ1v) is 10.5. The van der Waals surface area contributed by atoms with Gasteiger partial charge in [0.05, 0.1) is 5.92 Å². The van der Waals surface area contributed by atoms with E-state index in [9.17, 15) is 4.79 Å². The van der Waals surface area contributed by atoms with Gasteiger partial charge in [-0.05, 0) is 42.7 Å². The van der Waals surface area contributed by atoms with Gasteiger partial charge >= 0.3 is 0 Å². The van der Waals surface area contributed by atoms with Crippen molar-refractivity contribution in [3.8, 4) is 16.6 Å². The van der Waals surface area contributed by atoms with Gasteiger partial charge in [0.2, 0.25) is 23.0 Å². The molecule has 0 unspecified atom stereocenters. The summed E-state index contributed by atoms with van der Waals surface area (Å²) in [6.07, 6.45) is 5.74. The molecule has 1 N–H and O–H groups in total. The van der Waals surface area contributed by atoms with Gasteiger partial charge in [0.1, 0.15) is 0 Å². The summed E-state index contributed by atoms with van der Waals surface area (Å²) < 4.78 is 12.7. The summed E-state index contributed by atoms with van der Waals surface area (Å²) in [6, 6.07) is 9.67. The molecule has 2 aliphatic rings. The van der Waals surface area contributed by atoms with Crippen LogP contribution in [0.1, 0.15) is 18.4 Å². The number of hydrogen-bond donors (Lipinski definition) is 1. The molecule has 29 heavy (non-hydrogen) atoms. The number of carbonyl (C=O) groups excluding carboxylic acids is 1. The molecule has 1 saturated heterocycles. The van der Waals surface area contributed by atoms with E-state index in [1.54, 1.807) is 11.3 Å². The molecule has 1 amide bonds. The number of aromatic nitrogens is 3. The largest absolute Gasteiger partial charge is 0.454 e. The fourth-order valence-corrected chi connectivity index (χ4v) is 4.50. The van der Waals surface area contributed by atoms with Crippen LogP contribution in [0.15, 0.2) is 42.7 Å². The molecule has 0 radical (unpaired) electrons. The summed E-state index contributed by atoms with van der Waals surface area (Å²) >= 11 is 1.54. The molecule has 0 spiro atoms. The Morgan fingerprint density at radius 1 is 1.17 bits per heavy atom. The van der Waals surface area contributed by atoms with Gasteiger partial charge in [-0.1, -0.05) is 17.4 Å². The zero-order chi connectivity index (χ0) is 19.6. The molecular weight excluding hydrogens is 390 g/mol. The third kappa shape index (κ3) is 3.77. The van der Waals surface area contributed by atoms with Crippen molar-refractivity contribution in [2.75, 3.05) is 24.8 Å². The minimum atomic E-state index is -0.0586. The number of nitrogens with zero attached hydrogens (tertiary/aromatic N) is 4.